The molecule has 1 fully saturated rings. The van der Waals surface area contributed by atoms with Gasteiger partial charge in [-0.2, -0.15) is 0 Å². The van der Waals surface area contributed by atoms with Gasteiger partial charge in [-0.15, -0.1) is 0 Å². The van der Waals surface area contributed by atoms with Crippen molar-refractivity contribution in [1.82, 2.24) is 5.32 Å². The third kappa shape index (κ3) is 5.73. The number of hydrogen-bond donors (Lipinski definition) is 2. The van der Waals surface area contributed by atoms with Gasteiger partial charge in [0, 0.05) is 0 Å². The number of allylic oxidation sites excluding steroid dienone is 2. The maximum Gasteiger partial charge on any atom is 0.490 e. The Balaban J connectivity index is 1.92. The summed E-state index contributed by atoms with van der Waals surface area (Å²) < 4.78 is 17.4. The molecule has 0 saturated carbocycles. The van der Waals surface area contributed by atoms with Gasteiger partial charge >= 0.3 is 19.2 Å². The summed E-state index contributed by atoms with van der Waals surface area (Å²) in [5.41, 5.74) is -0.303. The molecule has 2 aliphatic rings. The molecule has 0 aromatic carbocycles. The van der Waals surface area contributed by atoms with E-state index in [-0.39, 0.29) is 24.2 Å². The first-order valence-electron chi connectivity index (χ1n) is 9.97. The number of carbonyl (C=O) groups is 2. The molecule has 0 spiro atoms. The molecular formula is C20H34BNO6. The molecule has 2 rings (SSSR count). The summed E-state index contributed by atoms with van der Waals surface area (Å²) in [5.74, 6) is -0.881. The van der Waals surface area contributed by atoms with Crippen LogP contribution in [0.3, 0.4) is 0 Å². The summed E-state index contributed by atoms with van der Waals surface area (Å²) in [4.78, 5) is 23.5. The van der Waals surface area contributed by atoms with E-state index in [4.69, 9.17) is 14.0 Å². The Morgan fingerprint density at radius 1 is 1.29 bits per heavy atom. The van der Waals surface area contributed by atoms with E-state index < -0.39 is 23.7 Å². The maximum absolute atomic E-state index is 11.9. The summed E-state index contributed by atoms with van der Waals surface area (Å²) in [6, 6.07) is -0.966. The second-order valence-electron chi connectivity index (χ2n) is 9.78. The molecule has 0 radical (unpaired) electrons. The minimum atomic E-state index is -1.05. The van der Waals surface area contributed by atoms with Gasteiger partial charge in [0.15, 0.2) is 0 Å². The van der Waals surface area contributed by atoms with Crippen LogP contribution in [0.1, 0.15) is 74.1 Å². The van der Waals surface area contributed by atoms with E-state index >= 15 is 0 Å². The zero-order valence-electron chi connectivity index (χ0n) is 18.1. The third-order valence-corrected chi connectivity index (χ3v) is 5.67. The lowest BCUT2D eigenvalue weighted by Gasteiger charge is -2.32. The molecule has 1 unspecified atom stereocenters. The normalized spacial score (nSPS) is 25.0. The Kier molecular flexibility index (Phi) is 6.56. The molecule has 0 aromatic heterocycles. The smallest absolute Gasteiger partial charge is 0.480 e. The lowest BCUT2D eigenvalue weighted by molar-refractivity contribution is -0.140. The highest BCUT2D eigenvalue weighted by atomic mass is 16.7. The number of rotatable bonds is 5. The van der Waals surface area contributed by atoms with Gasteiger partial charge in [-0.25, -0.2) is 9.59 Å². The molecule has 1 heterocycles. The summed E-state index contributed by atoms with van der Waals surface area (Å²) in [6.07, 6.45) is 4.11. The Hall–Kier alpha value is -1.54. The van der Waals surface area contributed by atoms with Crippen LogP contribution in [-0.2, 0) is 18.8 Å². The highest BCUT2D eigenvalue weighted by Gasteiger charge is 2.52. The lowest BCUT2D eigenvalue weighted by atomic mass is 9.70. The van der Waals surface area contributed by atoms with Gasteiger partial charge in [0.2, 0.25) is 0 Å². The SMILES string of the molecule is CC(C)(C)OC(=O)N[C@@H](CC1CC=C(B2OC(C)(C)C(C)(C)O2)CC1)C(=O)O. The summed E-state index contributed by atoms with van der Waals surface area (Å²) in [6.45, 7) is 13.3. The van der Waals surface area contributed by atoms with Crippen LogP contribution < -0.4 is 5.32 Å². The van der Waals surface area contributed by atoms with Gasteiger partial charge in [0.25, 0.3) is 0 Å². The summed E-state index contributed by atoms with van der Waals surface area (Å²) >= 11 is 0. The number of aliphatic carboxylic acids is 1. The lowest BCUT2D eigenvalue weighted by Crippen LogP contribution is -2.44. The zero-order valence-corrected chi connectivity index (χ0v) is 18.1. The fourth-order valence-corrected chi connectivity index (χ4v) is 3.34. The van der Waals surface area contributed by atoms with Crippen molar-refractivity contribution in [2.75, 3.05) is 0 Å². The molecular weight excluding hydrogens is 361 g/mol. The van der Waals surface area contributed by atoms with Gasteiger partial charge in [-0.3, -0.25) is 0 Å². The highest BCUT2D eigenvalue weighted by molar-refractivity contribution is 6.54. The molecule has 2 N–H and O–H groups in total. The van der Waals surface area contributed by atoms with Crippen LogP contribution in [-0.4, -0.2) is 47.1 Å². The highest BCUT2D eigenvalue weighted by Crippen LogP contribution is 2.41. The topological polar surface area (TPSA) is 94.1 Å². The Bertz CT molecular complexity index is 621. The van der Waals surface area contributed by atoms with Crippen molar-refractivity contribution in [3.8, 4) is 0 Å². The summed E-state index contributed by atoms with van der Waals surface area (Å²) in [5, 5.41) is 11.9. The van der Waals surface area contributed by atoms with Crippen molar-refractivity contribution in [3.63, 3.8) is 0 Å². The number of carbonyl (C=O) groups excluding carboxylic acids is 1. The number of hydrogen-bond acceptors (Lipinski definition) is 5. The van der Waals surface area contributed by atoms with Crippen molar-refractivity contribution in [2.24, 2.45) is 5.92 Å². The van der Waals surface area contributed by atoms with Gasteiger partial charge < -0.3 is 24.5 Å². The number of carboxylic acids is 1. The van der Waals surface area contributed by atoms with Crippen LogP contribution in [0.4, 0.5) is 4.79 Å². The minimum Gasteiger partial charge on any atom is -0.480 e. The molecule has 2 atom stereocenters. The van der Waals surface area contributed by atoms with Crippen LogP contribution >= 0.6 is 0 Å². The Morgan fingerprint density at radius 3 is 2.29 bits per heavy atom. The fraction of sp³-hybridized carbons (Fsp3) is 0.800. The third-order valence-electron chi connectivity index (χ3n) is 5.67. The van der Waals surface area contributed by atoms with E-state index in [1.165, 1.54) is 0 Å². The van der Waals surface area contributed by atoms with Gasteiger partial charge in [-0.1, -0.05) is 6.08 Å². The molecule has 1 amide bonds. The second kappa shape index (κ2) is 8.07. The van der Waals surface area contributed by atoms with E-state index in [2.05, 4.69) is 11.4 Å². The van der Waals surface area contributed by atoms with E-state index in [0.29, 0.717) is 6.42 Å². The number of amides is 1. The molecule has 28 heavy (non-hydrogen) atoms. The van der Waals surface area contributed by atoms with Crippen LogP contribution in [0.5, 0.6) is 0 Å². The fourth-order valence-electron chi connectivity index (χ4n) is 3.34. The molecule has 0 bridgehead atoms. The van der Waals surface area contributed by atoms with Gasteiger partial charge in [0.1, 0.15) is 11.6 Å². The van der Waals surface area contributed by atoms with Crippen LogP contribution in [0.15, 0.2) is 11.5 Å². The number of alkyl carbamates (subject to hydrolysis) is 1. The van der Waals surface area contributed by atoms with Crippen LogP contribution in [0.2, 0.25) is 0 Å². The van der Waals surface area contributed by atoms with Gasteiger partial charge in [-0.05, 0) is 85.5 Å². The first-order chi connectivity index (χ1) is 12.7. The number of ether oxygens (including phenoxy) is 1. The average Bonchev–Trinajstić information content (AvgIpc) is 2.73. The monoisotopic (exact) mass is 395 g/mol. The standard InChI is InChI=1S/C20H34BNO6/c1-18(2,3)26-17(25)22-15(16(23)24)12-13-8-10-14(11-9-13)21-27-19(4,5)20(6,7)28-21/h10,13,15H,8-9,11-12H2,1-7H3,(H,22,25)(H,23,24)/t13?,15-/m0/s1. The largest absolute Gasteiger partial charge is 0.490 e. The second-order valence-corrected chi connectivity index (χ2v) is 9.78. The minimum absolute atomic E-state index is 0.169. The average molecular weight is 395 g/mol. The van der Waals surface area contributed by atoms with Crippen molar-refractivity contribution in [1.29, 1.82) is 0 Å². The predicted octanol–water partition coefficient (Wildman–Crippen LogP) is 3.71. The predicted molar refractivity (Wildman–Crippen MR) is 107 cm³/mol. The molecule has 1 aliphatic heterocycles. The van der Waals surface area contributed by atoms with E-state index in [9.17, 15) is 14.7 Å². The molecule has 0 aromatic rings. The molecule has 1 aliphatic carbocycles. The first kappa shape index (κ1) is 22.8. The van der Waals surface area contributed by atoms with Crippen molar-refractivity contribution >= 4 is 19.2 Å². The van der Waals surface area contributed by atoms with E-state index in [1.54, 1.807) is 20.8 Å². The van der Waals surface area contributed by atoms with Crippen molar-refractivity contribution in [3.05, 3.63) is 11.5 Å². The zero-order chi connectivity index (χ0) is 21.3. The molecule has 8 heteroatoms. The van der Waals surface area contributed by atoms with Crippen LogP contribution in [0, 0.1) is 5.92 Å². The Labute approximate surface area is 168 Å². The molecule has 7 nitrogen and oxygen atoms in total. The molecule has 1 saturated heterocycles. The van der Waals surface area contributed by atoms with E-state index in [1.807, 2.05) is 27.7 Å². The Morgan fingerprint density at radius 2 is 1.86 bits per heavy atom. The number of nitrogens with one attached hydrogen (secondary N) is 1. The van der Waals surface area contributed by atoms with Gasteiger partial charge in [0.05, 0.1) is 11.2 Å². The maximum atomic E-state index is 11.9. The van der Waals surface area contributed by atoms with Crippen molar-refractivity contribution < 1.29 is 28.7 Å². The van der Waals surface area contributed by atoms with Crippen LogP contribution in [0.25, 0.3) is 0 Å². The molecule has 158 valence electrons. The van der Waals surface area contributed by atoms with Crippen molar-refractivity contribution in [2.45, 2.75) is 97.0 Å². The quantitative estimate of drug-likeness (QED) is 0.690. The summed E-state index contributed by atoms with van der Waals surface area (Å²) in [7, 11) is -0.346. The number of carboxylic acid groups (broad SMARTS) is 1. The first-order valence-corrected chi connectivity index (χ1v) is 9.97. The van der Waals surface area contributed by atoms with E-state index in [0.717, 1.165) is 24.7 Å².